The van der Waals surface area contributed by atoms with Gasteiger partial charge < -0.3 is 0 Å². The normalized spacial score (nSPS) is 18.2. The van der Waals surface area contributed by atoms with Gasteiger partial charge in [-0.25, -0.2) is 0 Å². The standard InChI is InChI=1S/C30H28Si/c1-5-13-25(14-6-1)21-22-26-23-27(26)24-31(28-15-7-2-8-16-28,29-17-9-3-10-18-29)30-19-11-4-12-20-30/h1-22,26-27H,23-24H2/b22-21+/t26-,27+/m0/s1. The van der Waals surface area contributed by atoms with Crippen LogP contribution in [0.25, 0.3) is 6.08 Å². The lowest BCUT2D eigenvalue weighted by Crippen LogP contribution is -2.67. The second-order valence-electron chi connectivity index (χ2n) is 8.64. The number of hydrogen-bond donors (Lipinski definition) is 0. The highest BCUT2D eigenvalue weighted by Crippen LogP contribution is 2.45. The highest BCUT2D eigenvalue weighted by atomic mass is 28.3. The Kier molecular flexibility index (Phi) is 5.69. The maximum Gasteiger partial charge on any atom is 0.148 e. The third-order valence-electron chi connectivity index (χ3n) is 6.68. The summed E-state index contributed by atoms with van der Waals surface area (Å²) >= 11 is 0. The molecule has 4 aromatic carbocycles. The van der Waals surface area contributed by atoms with Gasteiger partial charge in [-0.05, 0) is 45.4 Å². The van der Waals surface area contributed by atoms with E-state index in [4.69, 9.17) is 0 Å². The monoisotopic (exact) mass is 416 g/mol. The maximum absolute atomic E-state index is 2.44. The highest BCUT2D eigenvalue weighted by Gasteiger charge is 2.47. The fraction of sp³-hybridized carbons (Fsp3) is 0.133. The molecule has 5 rings (SSSR count). The van der Waals surface area contributed by atoms with E-state index < -0.39 is 8.07 Å². The first-order valence-electron chi connectivity index (χ1n) is 11.3. The Morgan fingerprint density at radius 1 is 0.581 bits per heavy atom. The summed E-state index contributed by atoms with van der Waals surface area (Å²) in [6.07, 6.45) is 6.05. The van der Waals surface area contributed by atoms with Crippen molar-refractivity contribution in [3.63, 3.8) is 0 Å². The van der Waals surface area contributed by atoms with Gasteiger partial charge in [0.15, 0.2) is 0 Å². The first-order chi connectivity index (χ1) is 15.4. The van der Waals surface area contributed by atoms with Crippen molar-refractivity contribution in [1.82, 2.24) is 0 Å². The van der Waals surface area contributed by atoms with E-state index in [1.807, 2.05) is 0 Å². The van der Waals surface area contributed by atoms with Gasteiger partial charge in [-0.2, -0.15) is 0 Å². The molecule has 0 spiro atoms. The smallest absolute Gasteiger partial charge is 0.0805 e. The van der Waals surface area contributed by atoms with Gasteiger partial charge in [-0.1, -0.05) is 133 Å². The van der Waals surface area contributed by atoms with Crippen LogP contribution in [0.2, 0.25) is 6.04 Å². The van der Waals surface area contributed by atoms with Crippen LogP contribution in [-0.4, -0.2) is 8.07 Å². The molecule has 0 aliphatic heterocycles. The summed E-state index contributed by atoms with van der Waals surface area (Å²) < 4.78 is 0. The van der Waals surface area contributed by atoms with E-state index in [1.54, 1.807) is 0 Å². The Balaban J connectivity index is 1.53. The van der Waals surface area contributed by atoms with E-state index in [1.165, 1.54) is 33.6 Å². The van der Waals surface area contributed by atoms with Crippen molar-refractivity contribution in [3.8, 4) is 0 Å². The van der Waals surface area contributed by atoms with Crippen LogP contribution in [0.5, 0.6) is 0 Å². The van der Waals surface area contributed by atoms with Gasteiger partial charge in [0.2, 0.25) is 0 Å². The van der Waals surface area contributed by atoms with Crippen molar-refractivity contribution in [3.05, 3.63) is 133 Å². The van der Waals surface area contributed by atoms with Crippen LogP contribution in [0.1, 0.15) is 12.0 Å². The Morgan fingerprint density at radius 3 is 1.45 bits per heavy atom. The first-order valence-corrected chi connectivity index (χ1v) is 13.5. The molecule has 4 aromatic rings. The van der Waals surface area contributed by atoms with Crippen LogP contribution in [0, 0.1) is 11.8 Å². The molecule has 1 fully saturated rings. The van der Waals surface area contributed by atoms with Crippen molar-refractivity contribution >= 4 is 29.7 Å². The fourth-order valence-electron chi connectivity index (χ4n) is 4.96. The van der Waals surface area contributed by atoms with Gasteiger partial charge in [-0.3, -0.25) is 0 Å². The van der Waals surface area contributed by atoms with Gasteiger partial charge >= 0.3 is 0 Å². The number of allylic oxidation sites excluding steroid dienone is 1. The molecule has 0 saturated heterocycles. The summed E-state index contributed by atoms with van der Waals surface area (Å²) in [7, 11) is -2.11. The Hall–Kier alpha value is -3.16. The Labute approximate surface area is 186 Å². The molecule has 1 heteroatoms. The second kappa shape index (κ2) is 8.91. The van der Waals surface area contributed by atoms with E-state index in [9.17, 15) is 0 Å². The molecular weight excluding hydrogens is 388 g/mol. The van der Waals surface area contributed by atoms with Crippen molar-refractivity contribution in [2.75, 3.05) is 0 Å². The lowest BCUT2D eigenvalue weighted by Gasteiger charge is -2.34. The quantitative estimate of drug-likeness (QED) is 0.275. The number of benzene rings is 4. The summed E-state index contributed by atoms with van der Waals surface area (Å²) in [4.78, 5) is 0. The molecule has 0 amide bonds. The molecule has 0 nitrogen and oxygen atoms in total. The van der Waals surface area contributed by atoms with E-state index in [0.29, 0.717) is 5.92 Å². The van der Waals surface area contributed by atoms with E-state index in [-0.39, 0.29) is 0 Å². The van der Waals surface area contributed by atoms with Gasteiger partial charge in [0, 0.05) is 0 Å². The average molecular weight is 417 g/mol. The predicted octanol–water partition coefficient (Wildman–Crippen LogP) is 5.51. The molecule has 31 heavy (non-hydrogen) atoms. The lowest BCUT2D eigenvalue weighted by atomic mass is 10.2. The summed E-state index contributed by atoms with van der Waals surface area (Å²) in [5.41, 5.74) is 1.30. The van der Waals surface area contributed by atoms with Gasteiger partial charge in [0.05, 0.1) is 0 Å². The fourth-order valence-corrected chi connectivity index (χ4v) is 10.2. The van der Waals surface area contributed by atoms with Crippen LogP contribution in [-0.2, 0) is 0 Å². The first kappa shape index (κ1) is 19.8. The van der Waals surface area contributed by atoms with Crippen LogP contribution in [0.15, 0.2) is 127 Å². The van der Waals surface area contributed by atoms with Crippen LogP contribution in [0.3, 0.4) is 0 Å². The molecule has 0 bridgehead atoms. The summed E-state index contributed by atoms with van der Waals surface area (Å²) in [5.74, 6) is 1.43. The molecule has 1 aliphatic carbocycles. The summed E-state index contributed by atoms with van der Waals surface area (Å²) in [6.45, 7) is 0. The van der Waals surface area contributed by atoms with Crippen LogP contribution >= 0.6 is 0 Å². The molecular formula is C30H28Si. The molecule has 0 heterocycles. The largest absolute Gasteiger partial charge is 0.148 e. The maximum atomic E-state index is 2.44. The second-order valence-corrected chi connectivity index (χ2v) is 12.6. The third-order valence-corrected chi connectivity index (χ3v) is 11.8. The minimum absolute atomic E-state index is 0.684. The van der Waals surface area contributed by atoms with Crippen molar-refractivity contribution in [2.24, 2.45) is 11.8 Å². The minimum atomic E-state index is -2.11. The van der Waals surface area contributed by atoms with E-state index in [0.717, 1.165) is 5.92 Å². The van der Waals surface area contributed by atoms with Crippen molar-refractivity contribution < 1.29 is 0 Å². The molecule has 0 radical (unpaired) electrons. The molecule has 2 atom stereocenters. The van der Waals surface area contributed by atoms with Gasteiger partial charge in [0.1, 0.15) is 8.07 Å². The topological polar surface area (TPSA) is 0 Å². The average Bonchev–Trinajstić information content (AvgIpc) is 3.61. The third kappa shape index (κ3) is 4.19. The zero-order valence-corrected chi connectivity index (χ0v) is 18.8. The van der Waals surface area contributed by atoms with Gasteiger partial charge in [-0.15, -0.1) is 0 Å². The molecule has 0 unspecified atom stereocenters. The molecule has 152 valence electrons. The zero-order chi connectivity index (χ0) is 20.9. The van der Waals surface area contributed by atoms with Crippen LogP contribution < -0.4 is 15.6 Å². The number of rotatable bonds is 7. The SMILES string of the molecule is C(=C\[C@H]1C[C@@H]1C[Si](c1ccccc1)(c1ccccc1)c1ccccc1)/c1ccccc1. The summed E-state index contributed by atoms with van der Waals surface area (Å²) in [6, 6.07) is 45.8. The molecule has 1 aliphatic rings. The Bertz CT molecular complexity index is 1020. The minimum Gasteiger partial charge on any atom is -0.0805 e. The van der Waals surface area contributed by atoms with Crippen LogP contribution in [0.4, 0.5) is 0 Å². The van der Waals surface area contributed by atoms with Gasteiger partial charge in [0.25, 0.3) is 0 Å². The number of hydrogen-bond acceptors (Lipinski definition) is 0. The Morgan fingerprint density at radius 2 is 1.00 bits per heavy atom. The molecule has 1 saturated carbocycles. The highest BCUT2D eigenvalue weighted by molar-refractivity contribution is 7.11. The van der Waals surface area contributed by atoms with E-state index in [2.05, 4.69) is 133 Å². The van der Waals surface area contributed by atoms with Crippen molar-refractivity contribution in [2.45, 2.75) is 12.5 Å². The van der Waals surface area contributed by atoms with E-state index >= 15 is 0 Å². The zero-order valence-electron chi connectivity index (χ0n) is 17.8. The predicted molar refractivity (Wildman–Crippen MR) is 136 cm³/mol. The molecule has 0 N–H and O–H groups in total. The lowest BCUT2D eigenvalue weighted by molar-refractivity contribution is 0.886. The van der Waals surface area contributed by atoms with Crippen molar-refractivity contribution in [1.29, 1.82) is 0 Å². The summed E-state index contributed by atoms with van der Waals surface area (Å²) in [5, 5.41) is 4.56. The molecule has 0 aromatic heterocycles.